The van der Waals surface area contributed by atoms with Gasteiger partial charge in [0, 0.05) is 11.1 Å². The summed E-state index contributed by atoms with van der Waals surface area (Å²) in [4.78, 5) is 1.37. The number of ether oxygens (including phenoxy) is 1. The van der Waals surface area contributed by atoms with E-state index in [1.807, 2.05) is 6.92 Å². The fourth-order valence-electron chi connectivity index (χ4n) is 1.79. The third-order valence-electron chi connectivity index (χ3n) is 2.52. The van der Waals surface area contributed by atoms with E-state index in [0.29, 0.717) is 28.0 Å². The summed E-state index contributed by atoms with van der Waals surface area (Å²) in [7, 11) is 1.69. The first-order valence-electron chi connectivity index (χ1n) is 6.05. The number of hydrogen-bond acceptors (Lipinski definition) is 5. The molecule has 1 unspecified atom stereocenters. The summed E-state index contributed by atoms with van der Waals surface area (Å²) in [5.74, 6) is 1.03. The predicted molar refractivity (Wildman–Crippen MR) is 76.9 cm³/mol. The first kappa shape index (κ1) is 15.0. The summed E-state index contributed by atoms with van der Waals surface area (Å²) in [5, 5.41) is 12.6. The van der Waals surface area contributed by atoms with Crippen LogP contribution in [0.4, 0.5) is 0 Å². The Labute approximate surface area is 126 Å². The van der Waals surface area contributed by atoms with Crippen LogP contribution in [0.2, 0.25) is 10.0 Å². The van der Waals surface area contributed by atoms with Gasteiger partial charge in [-0.2, -0.15) is 4.80 Å². The summed E-state index contributed by atoms with van der Waals surface area (Å²) in [6, 6.07) is 3.41. The van der Waals surface area contributed by atoms with Crippen molar-refractivity contribution in [1.29, 1.82) is 0 Å². The summed E-state index contributed by atoms with van der Waals surface area (Å²) in [5.41, 5.74) is 6.69. The van der Waals surface area contributed by atoms with Crippen LogP contribution in [0.15, 0.2) is 12.1 Å². The molecule has 0 saturated heterocycles. The summed E-state index contributed by atoms with van der Waals surface area (Å²) < 4.78 is 5.70. The minimum absolute atomic E-state index is 0.0264. The number of rotatable bonds is 5. The highest BCUT2D eigenvalue weighted by atomic mass is 35.5. The molecule has 0 fully saturated rings. The highest BCUT2D eigenvalue weighted by Gasteiger charge is 2.13. The van der Waals surface area contributed by atoms with Crippen LogP contribution < -0.4 is 10.5 Å². The van der Waals surface area contributed by atoms with Gasteiger partial charge in [0.2, 0.25) is 5.82 Å². The van der Waals surface area contributed by atoms with Gasteiger partial charge >= 0.3 is 0 Å². The highest BCUT2D eigenvalue weighted by Crippen LogP contribution is 2.33. The van der Waals surface area contributed by atoms with Crippen LogP contribution >= 0.6 is 23.2 Å². The normalized spacial score (nSPS) is 12.4. The highest BCUT2D eigenvalue weighted by molar-refractivity contribution is 6.35. The molecule has 0 aliphatic carbocycles. The molecular formula is C12H15Cl2N5O. The van der Waals surface area contributed by atoms with Crippen LogP contribution in [0.5, 0.6) is 5.75 Å². The fourth-order valence-corrected chi connectivity index (χ4v) is 2.38. The van der Waals surface area contributed by atoms with Crippen LogP contribution in [0.3, 0.4) is 0 Å². The van der Waals surface area contributed by atoms with Crippen LogP contribution in [-0.4, -0.2) is 26.2 Å². The number of nitrogens with zero attached hydrogens (tertiary/aromatic N) is 4. The Hall–Kier alpha value is -1.37. The maximum atomic E-state index is 6.18. The maximum Gasteiger partial charge on any atom is 0.212 e. The standard InChI is InChI=1S/C12H15Cl2N5O/c1-7(15)3-8-4-9(13)5-10(14)12(8)20-6-11-16-18-19(2)17-11/h4-5,7H,3,6,15H2,1-2H3. The fraction of sp³-hybridized carbons (Fsp3) is 0.417. The predicted octanol–water partition coefficient (Wildman–Crippen LogP) is 1.99. The first-order chi connectivity index (χ1) is 9.45. The van der Waals surface area contributed by atoms with E-state index in [9.17, 15) is 0 Å². The van der Waals surface area contributed by atoms with E-state index >= 15 is 0 Å². The molecule has 2 aromatic rings. The lowest BCUT2D eigenvalue weighted by Gasteiger charge is -2.14. The Bertz CT molecular complexity index is 600. The third kappa shape index (κ3) is 3.82. The van der Waals surface area contributed by atoms with Crippen molar-refractivity contribution < 1.29 is 4.74 Å². The smallest absolute Gasteiger partial charge is 0.212 e. The van der Waals surface area contributed by atoms with Crippen molar-refractivity contribution in [2.75, 3.05) is 0 Å². The molecule has 1 heterocycles. The van der Waals surface area contributed by atoms with Crippen molar-refractivity contribution in [3.63, 3.8) is 0 Å². The van der Waals surface area contributed by atoms with Crippen molar-refractivity contribution in [2.24, 2.45) is 12.8 Å². The van der Waals surface area contributed by atoms with Crippen LogP contribution in [0, 0.1) is 0 Å². The zero-order valence-electron chi connectivity index (χ0n) is 11.2. The maximum absolute atomic E-state index is 6.18. The molecule has 2 rings (SSSR count). The number of tetrazole rings is 1. The number of aromatic nitrogens is 4. The van der Waals surface area contributed by atoms with Gasteiger partial charge in [-0.05, 0) is 36.3 Å². The molecule has 0 amide bonds. The van der Waals surface area contributed by atoms with E-state index in [4.69, 9.17) is 33.7 Å². The molecule has 0 aliphatic rings. The molecule has 1 atom stereocenters. The second-order valence-electron chi connectivity index (χ2n) is 4.54. The molecule has 20 heavy (non-hydrogen) atoms. The van der Waals surface area contributed by atoms with Gasteiger partial charge in [0.1, 0.15) is 5.75 Å². The Morgan fingerprint density at radius 1 is 1.40 bits per heavy atom. The van der Waals surface area contributed by atoms with Gasteiger partial charge in [-0.15, -0.1) is 10.2 Å². The second kappa shape index (κ2) is 6.39. The zero-order chi connectivity index (χ0) is 14.7. The monoisotopic (exact) mass is 315 g/mol. The molecule has 6 nitrogen and oxygen atoms in total. The van der Waals surface area contributed by atoms with Crippen LogP contribution in [0.25, 0.3) is 0 Å². The van der Waals surface area contributed by atoms with Crippen LogP contribution in [-0.2, 0) is 20.1 Å². The molecule has 0 radical (unpaired) electrons. The van der Waals surface area contributed by atoms with E-state index in [-0.39, 0.29) is 12.6 Å². The largest absolute Gasteiger partial charge is 0.484 e. The summed E-state index contributed by atoms with van der Waals surface area (Å²) >= 11 is 12.2. The first-order valence-corrected chi connectivity index (χ1v) is 6.80. The van der Waals surface area contributed by atoms with Crippen molar-refractivity contribution in [2.45, 2.75) is 26.0 Å². The summed E-state index contributed by atoms with van der Waals surface area (Å²) in [6.07, 6.45) is 0.615. The molecule has 0 spiro atoms. The zero-order valence-corrected chi connectivity index (χ0v) is 12.7. The van der Waals surface area contributed by atoms with Gasteiger partial charge in [0.25, 0.3) is 0 Å². The van der Waals surface area contributed by atoms with Crippen molar-refractivity contribution >= 4 is 23.2 Å². The molecule has 0 bridgehead atoms. The van der Waals surface area contributed by atoms with Crippen LogP contribution in [0.1, 0.15) is 18.3 Å². The van der Waals surface area contributed by atoms with Crippen molar-refractivity contribution in [3.8, 4) is 5.75 Å². The molecule has 1 aromatic carbocycles. The van der Waals surface area contributed by atoms with E-state index in [0.717, 1.165) is 5.56 Å². The third-order valence-corrected chi connectivity index (χ3v) is 3.02. The molecule has 0 aliphatic heterocycles. The number of hydrogen-bond donors (Lipinski definition) is 1. The van der Waals surface area contributed by atoms with Gasteiger partial charge in [-0.25, -0.2) is 0 Å². The molecule has 2 N–H and O–H groups in total. The average Bonchev–Trinajstić information content (AvgIpc) is 2.73. The van der Waals surface area contributed by atoms with Gasteiger partial charge in [-0.3, -0.25) is 0 Å². The number of benzene rings is 1. The second-order valence-corrected chi connectivity index (χ2v) is 5.38. The topological polar surface area (TPSA) is 78.9 Å². The molecule has 108 valence electrons. The Morgan fingerprint density at radius 2 is 2.15 bits per heavy atom. The van der Waals surface area contributed by atoms with Gasteiger partial charge in [0.15, 0.2) is 6.61 Å². The Balaban J connectivity index is 2.20. The molecule has 8 heteroatoms. The minimum Gasteiger partial charge on any atom is -0.484 e. The molecule has 1 aromatic heterocycles. The Kier molecular flexibility index (Phi) is 4.80. The lowest BCUT2D eigenvalue weighted by molar-refractivity contribution is 0.292. The quantitative estimate of drug-likeness (QED) is 0.912. The minimum atomic E-state index is -0.0264. The number of nitrogens with two attached hydrogens (primary N) is 1. The van der Waals surface area contributed by atoms with E-state index in [2.05, 4.69) is 15.4 Å². The van der Waals surface area contributed by atoms with E-state index in [1.165, 1.54) is 4.80 Å². The van der Waals surface area contributed by atoms with E-state index in [1.54, 1.807) is 19.2 Å². The van der Waals surface area contributed by atoms with E-state index < -0.39 is 0 Å². The van der Waals surface area contributed by atoms with Crippen molar-refractivity contribution in [1.82, 2.24) is 20.2 Å². The SMILES string of the molecule is CC(N)Cc1cc(Cl)cc(Cl)c1OCc1nnn(C)n1. The molecular weight excluding hydrogens is 301 g/mol. The lowest BCUT2D eigenvalue weighted by Crippen LogP contribution is -2.18. The average molecular weight is 316 g/mol. The van der Waals surface area contributed by atoms with Crippen molar-refractivity contribution in [3.05, 3.63) is 33.6 Å². The Morgan fingerprint density at radius 3 is 2.75 bits per heavy atom. The summed E-state index contributed by atoms with van der Waals surface area (Å²) in [6.45, 7) is 2.09. The van der Waals surface area contributed by atoms with Gasteiger partial charge < -0.3 is 10.5 Å². The lowest BCUT2D eigenvalue weighted by atomic mass is 10.1. The molecule has 0 saturated carbocycles. The number of halogens is 2. The van der Waals surface area contributed by atoms with Gasteiger partial charge in [0.05, 0.1) is 12.1 Å². The number of aryl methyl sites for hydroxylation is 1. The van der Waals surface area contributed by atoms with Gasteiger partial charge in [-0.1, -0.05) is 23.2 Å².